The number of ketones is 1. The quantitative estimate of drug-likeness (QED) is 0.760. The van der Waals surface area contributed by atoms with E-state index in [9.17, 15) is 4.79 Å². The average molecular weight is 263 g/mol. The number of allylic oxidation sites excluding steroid dienone is 1. The lowest BCUT2D eigenvalue weighted by molar-refractivity contribution is -0.118. The molecule has 1 unspecified atom stereocenters. The Hall–Kier alpha value is -0.630. The van der Waals surface area contributed by atoms with E-state index >= 15 is 0 Å². The van der Waals surface area contributed by atoms with Crippen LogP contribution in [0.25, 0.3) is 0 Å². The Morgan fingerprint density at radius 3 is 2.16 bits per heavy atom. The Morgan fingerprint density at radius 2 is 1.58 bits per heavy atom. The molecule has 2 nitrogen and oxygen atoms in total. The monoisotopic (exact) mass is 263 g/mol. The molecule has 0 aliphatic heterocycles. The Bertz CT molecular complexity index is 298. The molecule has 2 heteroatoms. The molecule has 2 rings (SSSR count). The van der Waals surface area contributed by atoms with Crippen molar-refractivity contribution >= 4 is 5.78 Å². The summed E-state index contributed by atoms with van der Waals surface area (Å²) in [5.74, 6) is 0.974. The molecule has 0 aromatic carbocycles. The Balaban J connectivity index is 1.84. The topological polar surface area (TPSA) is 29.1 Å². The fraction of sp³-hybridized carbons (Fsp3) is 0.824. The first-order valence-electron chi connectivity index (χ1n) is 8.20. The molecule has 0 aromatic rings. The first-order valence-corrected chi connectivity index (χ1v) is 8.20. The zero-order chi connectivity index (χ0) is 13.5. The predicted octanol–water partition coefficient (Wildman–Crippen LogP) is 4.00. The van der Waals surface area contributed by atoms with Crippen molar-refractivity contribution in [3.05, 3.63) is 12.2 Å². The van der Waals surface area contributed by atoms with Gasteiger partial charge in [-0.2, -0.15) is 0 Å². The van der Waals surface area contributed by atoms with E-state index in [1.54, 1.807) is 6.92 Å². The molecule has 0 heterocycles. The molecule has 2 aliphatic rings. The summed E-state index contributed by atoms with van der Waals surface area (Å²) in [6.45, 7) is 1.71. The molecule has 1 atom stereocenters. The number of hydrogen-bond donors (Lipinski definition) is 1. The highest BCUT2D eigenvalue weighted by molar-refractivity contribution is 5.83. The lowest BCUT2D eigenvalue weighted by Gasteiger charge is -2.26. The van der Waals surface area contributed by atoms with Crippen LogP contribution >= 0.6 is 0 Å². The van der Waals surface area contributed by atoms with Gasteiger partial charge in [-0.1, -0.05) is 50.7 Å². The highest BCUT2D eigenvalue weighted by atomic mass is 16.1. The predicted molar refractivity (Wildman–Crippen MR) is 80.2 cm³/mol. The van der Waals surface area contributed by atoms with E-state index in [2.05, 4.69) is 17.5 Å². The first kappa shape index (κ1) is 14.8. The Labute approximate surface area is 118 Å². The maximum absolute atomic E-state index is 11.8. The van der Waals surface area contributed by atoms with E-state index in [-0.39, 0.29) is 11.8 Å². The van der Waals surface area contributed by atoms with Crippen LogP contribution in [0, 0.1) is 5.92 Å². The Kier molecular flexibility index (Phi) is 6.09. The van der Waals surface area contributed by atoms with E-state index in [4.69, 9.17) is 0 Å². The van der Waals surface area contributed by atoms with E-state index in [0.29, 0.717) is 12.0 Å². The van der Waals surface area contributed by atoms with Crippen molar-refractivity contribution in [2.45, 2.75) is 83.2 Å². The summed E-state index contributed by atoms with van der Waals surface area (Å²) in [6.07, 6.45) is 17.6. The second-order valence-electron chi connectivity index (χ2n) is 6.37. The summed E-state index contributed by atoms with van der Waals surface area (Å²) in [4.78, 5) is 11.8. The summed E-state index contributed by atoms with van der Waals surface area (Å²) in [5.41, 5.74) is 0. The van der Waals surface area contributed by atoms with Crippen molar-refractivity contribution in [1.29, 1.82) is 0 Å². The number of carbonyl (C=O) groups is 1. The minimum Gasteiger partial charge on any atom is -0.302 e. The molecule has 0 saturated heterocycles. The summed E-state index contributed by atoms with van der Waals surface area (Å²) in [7, 11) is 0. The third-order valence-electron chi connectivity index (χ3n) is 4.68. The minimum atomic E-state index is -0.0509. The van der Waals surface area contributed by atoms with Crippen LogP contribution in [0.4, 0.5) is 0 Å². The molecular formula is C17H29NO. The van der Waals surface area contributed by atoms with Gasteiger partial charge in [0, 0.05) is 6.04 Å². The number of hydrogen-bond acceptors (Lipinski definition) is 2. The van der Waals surface area contributed by atoms with Gasteiger partial charge >= 0.3 is 0 Å². The maximum atomic E-state index is 11.8. The number of rotatable bonds is 5. The lowest BCUT2D eigenvalue weighted by Crippen LogP contribution is -2.42. The number of Topliss-reactive ketones (excluding diaryl/α,β-unsaturated/α-hetero) is 1. The normalized spacial score (nSPS) is 24.7. The van der Waals surface area contributed by atoms with E-state index in [0.717, 1.165) is 0 Å². The molecule has 0 aromatic heterocycles. The molecule has 19 heavy (non-hydrogen) atoms. The third-order valence-corrected chi connectivity index (χ3v) is 4.68. The van der Waals surface area contributed by atoms with E-state index in [1.807, 2.05) is 0 Å². The standard InChI is InChI=1S/C17H29NO/c1-14(19)17(18-16-10-6-3-7-11-16)13-12-15-8-4-2-5-9-15/h12-13,15-18H,2-11H2,1H3/b13-12+. The minimum absolute atomic E-state index is 0.0509. The number of carbonyl (C=O) groups excluding carboxylic acids is 1. The van der Waals surface area contributed by atoms with Crippen LogP contribution in [0.1, 0.15) is 71.1 Å². The SMILES string of the molecule is CC(=O)C(/C=C/C1CCCCC1)NC1CCCCC1. The largest absolute Gasteiger partial charge is 0.302 e. The van der Waals surface area contributed by atoms with Crippen molar-refractivity contribution < 1.29 is 4.79 Å². The molecule has 0 spiro atoms. The van der Waals surface area contributed by atoms with E-state index < -0.39 is 0 Å². The van der Waals surface area contributed by atoms with Gasteiger partial charge in [0.25, 0.3) is 0 Å². The van der Waals surface area contributed by atoms with Gasteiger partial charge in [-0.25, -0.2) is 0 Å². The Morgan fingerprint density at radius 1 is 1.00 bits per heavy atom. The molecular weight excluding hydrogens is 234 g/mol. The van der Waals surface area contributed by atoms with Crippen molar-refractivity contribution in [3.8, 4) is 0 Å². The molecule has 108 valence electrons. The van der Waals surface area contributed by atoms with Crippen molar-refractivity contribution in [1.82, 2.24) is 5.32 Å². The van der Waals surface area contributed by atoms with Gasteiger partial charge in [0.05, 0.1) is 6.04 Å². The second-order valence-corrected chi connectivity index (χ2v) is 6.37. The van der Waals surface area contributed by atoms with Gasteiger partial charge in [0.2, 0.25) is 0 Å². The highest BCUT2D eigenvalue weighted by Crippen LogP contribution is 2.25. The molecule has 0 bridgehead atoms. The third kappa shape index (κ3) is 5.10. The van der Waals surface area contributed by atoms with Crippen LogP contribution in [0.15, 0.2) is 12.2 Å². The van der Waals surface area contributed by atoms with Gasteiger partial charge in [0.15, 0.2) is 5.78 Å². The summed E-state index contributed by atoms with van der Waals surface area (Å²) in [5, 5.41) is 3.56. The van der Waals surface area contributed by atoms with Gasteiger partial charge in [-0.15, -0.1) is 0 Å². The van der Waals surface area contributed by atoms with Crippen LogP contribution in [0.3, 0.4) is 0 Å². The van der Waals surface area contributed by atoms with Gasteiger partial charge in [-0.3, -0.25) is 4.79 Å². The van der Waals surface area contributed by atoms with Crippen molar-refractivity contribution in [3.63, 3.8) is 0 Å². The zero-order valence-electron chi connectivity index (χ0n) is 12.4. The van der Waals surface area contributed by atoms with Crippen LogP contribution < -0.4 is 5.32 Å². The molecule has 2 aliphatic carbocycles. The molecule has 0 amide bonds. The lowest BCUT2D eigenvalue weighted by atomic mass is 9.88. The van der Waals surface area contributed by atoms with Crippen molar-refractivity contribution in [2.75, 3.05) is 0 Å². The molecule has 2 fully saturated rings. The van der Waals surface area contributed by atoms with E-state index in [1.165, 1.54) is 64.2 Å². The summed E-state index contributed by atoms with van der Waals surface area (Å²) in [6, 6.07) is 0.503. The fourth-order valence-corrected chi connectivity index (χ4v) is 3.43. The van der Waals surface area contributed by atoms with Crippen molar-refractivity contribution in [2.24, 2.45) is 5.92 Å². The molecule has 0 radical (unpaired) electrons. The average Bonchev–Trinajstić information content (AvgIpc) is 2.45. The van der Waals surface area contributed by atoms with Crippen LogP contribution in [0.5, 0.6) is 0 Å². The highest BCUT2D eigenvalue weighted by Gasteiger charge is 2.19. The summed E-state index contributed by atoms with van der Waals surface area (Å²) >= 11 is 0. The molecule has 2 saturated carbocycles. The van der Waals surface area contributed by atoms with Crippen LogP contribution in [0.2, 0.25) is 0 Å². The maximum Gasteiger partial charge on any atom is 0.150 e. The smallest absolute Gasteiger partial charge is 0.150 e. The van der Waals surface area contributed by atoms with Gasteiger partial charge < -0.3 is 5.32 Å². The molecule has 1 N–H and O–H groups in total. The van der Waals surface area contributed by atoms with Crippen LogP contribution in [-0.4, -0.2) is 17.9 Å². The summed E-state index contributed by atoms with van der Waals surface area (Å²) < 4.78 is 0. The fourth-order valence-electron chi connectivity index (χ4n) is 3.43. The van der Waals surface area contributed by atoms with Gasteiger partial charge in [-0.05, 0) is 38.5 Å². The van der Waals surface area contributed by atoms with Gasteiger partial charge in [0.1, 0.15) is 0 Å². The zero-order valence-corrected chi connectivity index (χ0v) is 12.4. The first-order chi connectivity index (χ1) is 9.25. The van der Waals surface area contributed by atoms with Crippen LogP contribution in [-0.2, 0) is 4.79 Å². The number of nitrogens with one attached hydrogen (secondary N) is 1. The second kappa shape index (κ2) is 7.84.